The van der Waals surface area contributed by atoms with Crippen LogP contribution in [0.15, 0.2) is 48.8 Å². The molecule has 0 atom stereocenters. The van der Waals surface area contributed by atoms with Crippen molar-refractivity contribution in [3.63, 3.8) is 0 Å². The smallest absolute Gasteiger partial charge is 0.417 e. The van der Waals surface area contributed by atoms with Crippen molar-refractivity contribution in [1.82, 2.24) is 15.2 Å². The minimum atomic E-state index is -4.50. The fourth-order valence-electron chi connectivity index (χ4n) is 1.89. The number of pyridine rings is 1. The molecule has 0 saturated carbocycles. The average Bonchev–Trinajstić information content (AvgIpc) is 3.03. The van der Waals surface area contributed by atoms with E-state index in [1.807, 2.05) is 6.07 Å². The van der Waals surface area contributed by atoms with Gasteiger partial charge in [0.15, 0.2) is 0 Å². The molecule has 0 bridgehead atoms. The van der Waals surface area contributed by atoms with E-state index in [0.717, 1.165) is 17.3 Å². The van der Waals surface area contributed by atoms with E-state index in [2.05, 4.69) is 15.2 Å². The fourth-order valence-corrected chi connectivity index (χ4v) is 2.09. The van der Waals surface area contributed by atoms with Crippen LogP contribution < -0.4 is 4.74 Å². The molecule has 1 N–H and O–H groups in total. The molecule has 3 aromatic rings. The van der Waals surface area contributed by atoms with E-state index in [4.69, 9.17) is 16.3 Å². The number of nitrogens with one attached hydrogen (secondary N) is 1. The van der Waals surface area contributed by atoms with Gasteiger partial charge < -0.3 is 4.74 Å². The highest BCUT2D eigenvalue weighted by atomic mass is 35.5. The summed E-state index contributed by atoms with van der Waals surface area (Å²) < 4.78 is 43.1. The Bertz CT molecular complexity index is 802. The molecule has 118 valence electrons. The number of hydrogen-bond donors (Lipinski definition) is 1. The molecule has 0 spiro atoms. The summed E-state index contributed by atoms with van der Waals surface area (Å²) in [5, 5.41) is 6.46. The number of rotatable bonds is 3. The van der Waals surface area contributed by atoms with Crippen LogP contribution in [0.3, 0.4) is 0 Å². The standard InChI is InChI=1S/C15H9ClF3N3O/c16-12-7-10(15(17,18)19)8-20-14(12)23-11-3-1-9(2-4-11)13-5-6-21-22-13/h1-8H,(H,21,22). The summed E-state index contributed by atoms with van der Waals surface area (Å²) in [5.41, 5.74) is 0.799. The molecule has 0 aliphatic carbocycles. The molecule has 0 aliphatic heterocycles. The Morgan fingerprint density at radius 3 is 2.39 bits per heavy atom. The van der Waals surface area contributed by atoms with Crippen LogP contribution >= 0.6 is 11.6 Å². The maximum atomic E-state index is 12.6. The van der Waals surface area contributed by atoms with E-state index in [1.165, 1.54) is 0 Å². The van der Waals surface area contributed by atoms with Gasteiger partial charge in [-0.2, -0.15) is 18.3 Å². The maximum absolute atomic E-state index is 12.6. The summed E-state index contributed by atoms with van der Waals surface area (Å²) in [6.45, 7) is 0. The lowest BCUT2D eigenvalue weighted by Gasteiger charge is -2.10. The highest BCUT2D eigenvalue weighted by Gasteiger charge is 2.31. The van der Waals surface area contributed by atoms with Gasteiger partial charge >= 0.3 is 6.18 Å². The highest BCUT2D eigenvalue weighted by molar-refractivity contribution is 6.31. The van der Waals surface area contributed by atoms with E-state index >= 15 is 0 Å². The Hall–Kier alpha value is -2.54. The normalized spacial score (nSPS) is 11.5. The van der Waals surface area contributed by atoms with Crippen LogP contribution in [0.4, 0.5) is 13.2 Å². The quantitative estimate of drug-likeness (QED) is 0.735. The van der Waals surface area contributed by atoms with Crippen LogP contribution in [-0.2, 0) is 6.18 Å². The van der Waals surface area contributed by atoms with Gasteiger partial charge in [-0.25, -0.2) is 4.98 Å². The maximum Gasteiger partial charge on any atom is 0.417 e. The van der Waals surface area contributed by atoms with Crippen LogP contribution in [0.5, 0.6) is 11.6 Å². The third-order valence-electron chi connectivity index (χ3n) is 3.02. The molecule has 8 heteroatoms. The molecule has 0 saturated heterocycles. The first-order valence-corrected chi connectivity index (χ1v) is 6.82. The van der Waals surface area contributed by atoms with Gasteiger partial charge in [-0.1, -0.05) is 11.6 Å². The van der Waals surface area contributed by atoms with Crippen molar-refractivity contribution < 1.29 is 17.9 Å². The molecule has 0 fully saturated rings. The van der Waals surface area contributed by atoms with Gasteiger partial charge in [0, 0.05) is 12.4 Å². The largest absolute Gasteiger partial charge is 0.438 e. The Kier molecular flexibility index (Phi) is 3.96. The molecule has 0 amide bonds. The average molecular weight is 340 g/mol. The van der Waals surface area contributed by atoms with Crippen molar-refractivity contribution in [2.45, 2.75) is 6.18 Å². The minimum Gasteiger partial charge on any atom is -0.438 e. The molecular formula is C15H9ClF3N3O. The van der Waals surface area contributed by atoms with Crippen LogP contribution in [0.1, 0.15) is 5.56 Å². The second-order valence-corrected chi connectivity index (χ2v) is 5.01. The van der Waals surface area contributed by atoms with Crippen molar-refractivity contribution in [2.24, 2.45) is 0 Å². The highest BCUT2D eigenvalue weighted by Crippen LogP contribution is 2.34. The van der Waals surface area contributed by atoms with Gasteiger partial charge in [0.1, 0.15) is 10.8 Å². The molecule has 0 aliphatic rings. The topological polar surface area (TPSA) is 50.8 Å². The Labute approximate surface area is 133 Å². The zero-order valence-electron chi connectivity index (χ0n) is 11.4. The lowest BCUT2D eigenvalue weighted by atomic mass is 10.1. The lowest BCUT2D eigenvalue weighted by molar-refractivity contribution is -0.137. The third kappa shape index (κ3) is 3.45. The van der Waals surface area contributed by atoms with Gasteiger partial charge in [0.2, 0.25) is 5.88 Å². The lowest BCUT2D eigenvalue weighted by Crippen LogP contribution is -2.05. The summed E-state index contributed by atoms with van der Waals surface area (Å²) in [4.78, 5) is 3.62. The summed E-state index contributed by atoms with van der Waals surface area (Å²) >= 11 is 5.80. The van der Waals surface area contributed by atoms with Gasteiger partial charge in [-0.05, 0) is 42.0 Å². The van der Waals surface area contributed by atoms with E-state index < -0.39 is 11.7 Å². The molecule has 4 nitrogen and oxygen atoms in total. The zero-order chi connectivity index (χ0) is 16.4. The molecule has 23 heavy (non-hydrogen) atoms. The van der Waals surface area contributed by atoms with Crippen molar-refractivity contribution in [1.29, 1.82) is 0 Å². The molecule has 1 aromatic carbocycles. The number of halogens is 4. The summed E-state index contributed by atoms with van der Waals surface area (Å²) in [6.07, 6.45) is -2.19. The van der Waals surface area contributed by atoms with Gasteiger partial charge in [0.05, 0.1) is 11.3 Å². The Morgan fingerprint density at radius 1 is 1.09 bits per heavy atom. The first kappa shape index (κ1) is 15.4. The number of hydrogen-bond acceptors (Lipinski definition) is 3. The van der Waals surface area contributed by atoms with Gasteiger partial charge in [-0.3, -0.25) is 5.10 Å². The first-order valence-electron chi connectivity index (χ1n) is 6.44. The predicted octanol–water partition coefficient (Wildman–Crippen LogP) is 4.94. The molecule has 2 heterocycles. The third-order valence-corrected chi connectivity index (χ3v) is 3.29. The monoisotopic (exact) mass is 339 g/mol. The molecule has 2 aromatic heterocycles. The molecule has 3 rings (SSSR count). The zero-order valence-corrected chi connectivity index (χ0v) is 12.2. The van der Waals surface area contributed by atoms with E-state index in [9.17, 15) is 13.2 Å². The Balaban J connectivity index is 1.79. The van der Waals surface area contributed by atoms with Crippen LogP contribution in [-0.4, -0.2) is 15.2 Å². The summed E-state index contributed by atoms with van der Waals surface area (Å²) in [6, 6.07) is 9.46. The number of nitrogens with zero attached hydrogens (tertiary/aromatic N) is 2. The number of aromatic amines is 1. The number of H-pyrrole nitrogens is 1. The van der Waals surface area contributed by atoms with Crippen LogP contribution in [0.2, 0.25) is 5.02 Å². The van der Waals surface area contributed by atoms with Crippen molar-refractivity contribution >= 4 is 11.6 Å². The first-order chi connectivity index (χ1) is 10.9. The van der Waals surface area contributed by atoms with Gasteiger partial charge in [-0.15, -0.1) is 0 Å². The second kappa shape index (κ2) is 5.92. The SMILES string of the molecule is FC(F)(F)c1cnc(Oc2ccc(-c3ccn[nH]3)cc2)c(Cl)c1. The summed E-state index contributed by atoms with van der Waals surface area (Å²) in [7, 11) is 0. The van der Waals surface area contributed by atoms with E-state index in [1.54, 1.807) is 30.5 Å². The Morgan fingerprint density at radius 2 is 1.83 bits per heavy atom. The van der Waals surface area contributed by atoms with E-state index in [0.29, 0.717) is 11.9 Å². The predicted molar refractivity (Wildman–Crippen MR) is 78.3 cm³/mol. The van der Waals surface area contributed by atoms with Crippen molar-refractivity contribution in [3.8, 4) is 22.9 Å². The molecule has 0 radical (unpaired) electrons. The van der Waals surface area contributed by atoms with Crippen LogP contribution in [0, 0.1) is 0 Å². The number of benzene rings is 1. The fraction of sp³-hybridized carbons (Fsp3) is 0.0667. The number of alkyl halides is 3. The minimum absolute atomic E-state index is 0.0889. The number of ether oxygens (including phenoxy) is 1. The van der Waals surface area contributed by atoms with Crippen LogP contribution in [0.25, 0.3) is 11.3 Å². The second-order valence-electron chi connectivity index (χ2n) is 4.61. The summed E-state index contributed by atoms with van der Waals surface area (Å²) in [5.74, 6) is 0.316. The molecular weight excluding hydrogens is 331 g/mol. The number of aromatic nitrogens is 3. The van der Waals surface area contributed by atoms with Crippen molar-refractivity contribution in [3.05, 3.63) is 59.4 Å². The molecule has 0 unspecified atom stereocenters. The van der Waals surface area contributed by atoms with Crippen molar-refractivity contribution in [2.75, 3.05) is 0 Å². The van der Waals surface area contributed by atoms with Gasteiger partial charge in [0.25, 0.3) is 0 Å². The van der Waals surface area contributed by atoms with E-state index in [-0.39, 0.29) is 10.9 Å².